The minimum atomic E-state index is -3.94. The number of ether oxygens (including phenoxy) is 2. The fourth-order valence-corrected chi connectivity index (χ4v) is 20.4. The van der Waals surface area contributed by atoms with Crippen molar-refractivity contribution in [1.82, 2.24) is 33.1 Å². The Labute approximate surface area is 733 Å². The number of amides is 5. The Morgan fingerprint density at radius 1 is 0.480 bits per heavy atom. The predicted octanol–water partition coefficient (Wildman–Crippen LogP) is 12.1. The monoisotopic (exact) mass is 1790 g/mol. The van der Waals surface area contributed by atoms with Crippen molar-refractivity contribution in [2.45, 2.75) is 141 Å². The molecule has 29 nitrogen and oxygen atoms in total. The lowest BCUT2D eigenvalue weighted by Gasteiger charge is -2.36. The molecule has 0 spiro atoms. The van der Waals surface area contributed by atoms with Crippen LogP contribution in [0.25, 0.3) is 44.3 Å². The molecule has 5 amide bonds. The second kappa shape index (κ2) is 41.9. The first-order valence-electron chi connectivity index (χ1n) is 42.6. The number of carbonyl (C=O) groups excluding carboxylic acids is 5. The minimum Gasteiger partial charge on any atom is -0.489 e. The van der Waals surface area contributed by atoms with E-state index >= 15 is 0 Å². The van der Waals surface area contributed by atoms with Gasteiger partial charge >= 0.3 is 5.97 Å². The van der Waals surface area contributed by atoms with E-state index in [1.54, 1.807) is 41.3 Å². The number of carboxylic acid groups (broad SMARTS) is 1. The number of nitrogens with one attached hydrogen (secondary N) is 3. The maximum Gasteiger partial charge on any atom is 0.335 e. The Morgan fingerprint density at radius 3 is 1.23 bits per heavy atom. The maximum atomic E-state index is 13.6. The fraction of sp³-hybridized carbons (Fsp3) is 0.413. The van der Waals surface area contributed by atoms with Gasteiger partial charge in [0.1, 0.15) is 37.8 Å². The van der Waals surface area contributed by atoms with E-state index in [0.29, 0.717) is 121 Å². The van der Waals surface area contributed by atoms with Crippen LogP contribution in [-0.2, 0) is 85.6 Å². The molecule has 0 radical (unpaired) electrons. The normalized spacial score (nSPS) is 16.5. The van der Waals surface area contributed by atoms with Gasteiger partial charge in [-0.2, -0.15) is 8.61 Å². The predicted molar refractivity (Wildman–Crippen MR) is 491 cm³/mol. The molecule has 2 saturated carbocycles. The molecule has 0 unspecified atom stereocenters. The van der Waals surface area contributed by atoms with E-state index in [1.807, 2.05) is 111 Å². The van der Waals surface area contributed by atoms with Crippen LogP contribution in [-0.4, -0.2) is 195 Å². The number of carbonyl (C=O) groups is 6. The molecule has 2 aliphatic carbocycles. The molecule has 0 bridgehead atoms. The first-order chi connectivity index (χ1) is 59.8. The number of rotatable bonds is 33. The summed E-state index contributed by atoms with van der Waals surface area (Å²) in [5.74, 6) is -0.824. The highest BCUT2D eigenvalue weighted by Gasteiger charge is 2.34. The van der Waals surface area contributed by atoms with Gasteiger partial charge in [0.2, 0.25) is 63.7 Å². The first kappa shape index (κ1) is 93.2. The Kier molecular flexibility index (Phi) is 31.3. The van der Waals surface area contributed by atoms with Gasteiger partial charge in [-0.15, -0.1) is 26.3 Å². The summed E-state index contributed by atoms with van der Waals surface area (Å²) in [7, 11) is -13.8. The summed E-state index contributed by atoms with van der Waals surface area (Å²) in [6, 6.07) is 37.9. The topological polar surface area (TPSA) is 369 Å². The van der Waals surface area contributed by atoms with Gasteiger partial charge in [0.15, 0.2) is 0 Å². The summed E-state index contributed by atoms with van der Waals surface area (Å²) in [5.41, 5.74) is 12.7. The molecule has 6 fully saturated rings. The van der Waals surface area contributed by atoms with Crippen LogP contribution in [0, 0.1) is 0 Å². The van der Waals surface area contributed by atoms with Gasteiger partial charge in [-0.1, -0.05) is 75.0 Å². The first-order valence-corrected chi connectivity index (χ1v) is 49.7. The van der Waals surface area contributed by atoms with Crippen molar-refractivity contribution in [2.24, 2.45) is 5.14 Å². The van der Waals surface area contributed by atoms with Crippen molar-refractivity contribution in [1.29, 1.82) is 0 Å². The number of carboxylic acids is 1. The lowest BCUT2D eigenvalue weighted by Crippen LogP contribution is -2.48. The molecule has 8 aromatic rings. The van der Waals surface area contributed by atoms with Crippen LogP contribution >= 0.6 is 0 Å². The zero-order valence-electron chi connectivity index (χ0n) is 71.1. The largest absolute Gasteiger partial charge is 0.489 e. The van der Waals surface area contributed by atoms with Crippen LogP contribution in [0.4, 0.5) is 22.7 Å². The van der Waals surface area contributed by atoms with Gasteiger partial charge in [-0.25, -0.2) is 48.3 Å². The van der Waals surface area contributed by atoms with Crippen LogP contribution in [0.2, 0.25) is 0 Å². The average molecular weight is 1790 g/mol. The number of fused-ring (bicyclic) bond motifs is 2. The molecule has 4 saturated heterocycles. The number of aromatic nitrogens is 2. The average Bonchev–Trinajstić information content (AvgIpc) is 1.59. The molecule has 4 aliphatic heterocycles. The van der Waals surface area contributed by atoms with E-state index in [9.17, 15) is 67.5 Å². The Morgan fingerprint density at radius 2 is 0.880 bits per heavy atom. The minimum absolute atomic E-state index is 0.0358. The molecular weight excluding hydrogens is 1670 g/mol. The molecule has 0 atom stereocenters. The van der Waals surface area contributed by atoms with Crippen LogP contribution in [0.15, 0.2) is 172 Å². The smallest absolute Gasteiger partial charge is 0.335 e. The number of benzene rings is 6. The molecule has 6 aromatic carbocycles. The SMILES string of the molecule is C=CCCNC(=O)Cn1c(-c2ccc(OCc3cc(N4CCCC4=O)ccc3N3CCN(S(C)(=O)=O)CC3)cc2)c(C2CCCCC2)c2ccc(C(=O)NS(=O)(=O)CC=C)cc21.C=CCCNC(=O)Cn1c(-c2ccc(OCc3cc(N4CCCC4=O)ccc3N3CCN(S(C)(=O)=O)CC3)cc2)c(C2CCCCC2)c2ccc(C(=O)O)cc21.C=CCS(N)(=O)=O. The number of primary sulfonamides is 1. The molecule has 6 aliphatic rings. The quantitative estimate of drug-likeness (QED) is 0.0188. The van der Waals surface area contributed by atoms with Crippen molar-refractivity contribution in [2.75, 3.05) is 122 Å². The molecule has 125 heavy (non-hydrogen) atoms. The third kappa shape index (κ3) is 23.8. The van der Waals surface area contributed by atoms with E-state index < -0.39 is 57.7 Å². The van der Waals surface area contributed by atoms with E-state index in [0.717, 1.165) is 154 Å². The van der Waals surface area contributed by atoms with Gasteiger partial charge in [-0.3, -0.25) is 24.0 Å². The van der Waals surface area contributed by atoms with Gasteiger partial charge in [0.25, 0.3) is 5.91 Å². The van der Waals surface area contributed by atoms with Crippen molar-refractivity contribution in [3.8, 4) is 34.0 Å². The van der Waals surface area contributed by atoms with Crippen LogP contribution in [0.1, 0.15) is 158 Å². The van der Waals surface area contributed by atoms with Gasteiger partial charge < -0.3 is 53.9 Å². The Balaban J connectivity index is 0.000000212. The zero-order valence-corrected chi connectivity index (χ0v) is 74.4. The van der Waals surface area contributed by atoms with Crippen LogP contribution in [0.5, 0.6) is 11.5 Å². The molecule has 6 heterocycles. The number of nitrogens with two attached hydrogens (primary N) is 1. The summed E-state index contributed by atoms with van der Waals surface area (Å²) >= 11 is 0. The highest BCUT2D eigenvalue weighted by atomic mass is 32.2. The second-order valence-corrected chi connectivity index (χ2v) is 39.8. The van der Waals surface area contributed by atoms with E-state index in [1.165, 1.54) is 39.7 Å². The molecular formula is C92H114N12O17S4. The Hall–Kier alpha value is -10.9. The number of hydrogen-bond acceptors (Lipinski definition) is 18. The summed E-state index contributed by atoms with van der Waals surface area (Å²) in [6.07, 6.45) is 23.0. The summed E-state index contributed by atoms with van der Waals surface area (Å²) in [4.78, 5) is 85.7. The fourth-order valence-electron chi connectivity index (χ4n) is 17.6. The summed E-state index contributed by atoms with van der Waals surface area (Å²) < 4.78 is 116. The number of nitrogens with zero attached hydrogens (tertiary/aromatic N) is 8. The van der Waals surface area contributed by atoms with E-state index in [2.05, 4.69) is 56.6 Å². The third-order valence-electron chi connectivity index (χ3n) is 23.7. The van der Waals surface area contributed by atoms with Crippen LogP contribution < -0.4 is 49.6 Å². The highest BCUT2D eigenvalue weighted by Crippen LogP contribution is 2.47. The van der Waals surface area contributed by atoms with E-state index in [-0.39, 0.29) is 78.6 Å². The Bertz CT molecular complexity index is 5810. The number of anilines is 4. The van der Waals surface area contributed by atoms with Crippen molar-refractivity contribution >= 4 is 120 Å². The molecule has 2 aromatic heterocycles. The van der Waals surface area contributed by atoms with Crippen molar-refractivity contribution in [3.63, 3.8) is 0 Å². The maximum absolute atomic E-state index is 13.6. The standard InChI is InChI=1S/C46H56N6O8S2.C43H51N5O7S.C3H7NO2S/c1-4-6-22-47-42(53)31-52-41-30-35(46(55)48-62(58,59)28-5-2)16-20-39(41)44(33-11-8-7-9-12-33)45(52)34-14-18-38(19-15-34)60-32-36-29-37(51-23-10-13-43(51)54)17-21-40(36)49-24-26-50(27-25-49)61(3,56)57;1-3-4-20-44-39(49)28-48-38-27-32(43(51)52)14-18-36(38)41(30-9-6-5-7-10-30)42(48)31-12-16-35(17-13-31)55-29-33-26-34(47-21-8-11-40(47)50)15-19-37(33)45-22-24-46(25-23-45)56(2,53)54;1-2-3-7(4,5)6/h4-5,14-21,29-30,33H,1-2,6-13,22-28,31-32H2,3H3,(H,47,53)(H,48,55);3,12-19,26-27,30H,1,4-11,20-25,28-29H2,2H3,(H,44,49)(H,51,52);2H,1,3H2,(H2,4,5,6). The van der Waals surface area contributed by atoms with Crippen molar-refractivity contribution in [3.05, 3.63) is 205 Å². The number of piperazine rings is 2. The second-order valence-electron chi connectivity index (χ2n) is 32.5. The zero-order chi connectivity index (χ0) is 89.3. The van der Waals surface area contributed by atoms with Crippen molar-refractivity contribution < 1.29 is 77.0 Å². The van der Waals surface area contributed by atoms with Gasteiger partial charge in [0.05, 0.1) is 52.0 Å². The number of aromatic carboxylic acids is 1. The number of sulfonamides is 4. The summed E-state index contributed by atoms with van der Waals surface area (Å²) in [5, 5.41) is 22.3. The van der Waals surface area contributed by atoms with E-state index in [4.69, 9.17) is 9.47 Å². The molecule has 14 rings (SSSR count). The lowest BCUT2D eigenvalue weighted by molar-refractivity contribution is -0.122. The summed E-state index contributed by atoms with van der Waals surface area (Å²) in [6.45, 7) is 20.4. The lowest BCUT2D eigenvalue weighted by atomic mass is 9.81. The highest BCUT2D eigenvalue weighted by molar-refractivity contribution is 7.90. The number of hydrogen-bond donors (Lipinski definition) is 5. The molecule has 668 valence electrons. The molecule has 33 heteroatoms. The van der Waals surface area contributed by atoms with Crippen LogP contribution in [0.3, 0.4) is 0 Å². The van der Waals surface area contributed by atoms with Gasteiger partial charge in [0, 0.05) is 142 Å². The molecule has 6 N–H and O–H groups in total. The third-order valence-corrected chi connectivity index (χ3v) is 28.1. The van der Waals surface area contributed by atoms with Gasteiger partial charge in [-0.05, 0) is 195 Å².